The van der Waals surface area contributed by atoms with Crippen LogP contribution in [0, 0.1) is 12.8 Å². The van der Waals surface area contributed by atoms with E-state index in [0.29, 0.717) is 49.3 Å². The number of hydrogen-bond acceptors (Lipinski definition) is 5. The normalized spacial score (nSPS) is 19.8. The quantitative estimate of drug-likeness (QED) is 0.637. The van der Waals surface area contributed by atoms with Crippen LogP contribution in [0.5, 0.6) is 0 Å². The molecule has 2 aromatic rings. The first-order valence-electron chi connectivity index (χ1n) is 12.6. The molecule has 0 bridgehead atoms. The Morgan fingerprint density at radius 1 is 1.06 bits per heavy atom. The number of nitrogens with one attached hydrogen (secondary N) is 2. The van der Waals surface area contributed by atoms with Crippen molar-refractivity contribution < 1.29 is 14.4 Å². The highest BCUT2D eigenvalue weighted by Gasteiger charge is 2.38. The van der Waals surface area contributed by atoms with Crippen molar-refractivity contribution >= 4 is 35.3 Å². The molecule has 0 radical (unpaired) electrons. The van der Waals surface area contributed by atoms with E-state index in [-0.39, 0.29) is 17.9 Å². The van der Waals surface area contributed by atoms with Gasteiger partial charge < -0.3 is 15.5 Å². The van der Waals surface area contributed by atoms with Crippen molar-refractivity contribution in [3.05, 3.63) is 47.0 Å². The number of nitrogens with zero attached hydrogens (tertiary/aromatic N) is 5. The molecule has 1 saturated heterocycles. The van der Waals surface area contributed by atoms with Crippen LogP contribution in [-0.2, 0) is 11.3 Å². The molecule has 2 fully saturated rings. The van der Waals surface area contributed by atoms with Crippen molar-refractivity contribution in [1.29, 1.82) is 0 Å². The highest BCUT2D eigenvalue weighted by atomic mass is 35.5. The topological polar surface area (TPSA) is 103 Å². The number of fused-ring (bicyclic) bond motifs is 1. The number of aromatic nitrogens is 2. The van der Waals surface area contributed by atoms with Gasteiger partial charge in [-0.15, -0.1) is 0 Å². The molecule has 3 aliphatic rings. The molecule has 2 aliphatic heterocycles. The number of carbonyl (C=O) groups excluding carboxylic acids is 3. The fourth-order valence-electron chi connectivity index (χ4n) is 5.47. The lowest BCUT2D eigenvalue weighted by Gasteiger charge is -2.41. The predicted molar refractivity (Wildman–Crippen MR) is 135 cm³/mol. The summed E-state index contributed by atoms with van der Waals surface area (Å²) in [4.78, 5) is 45.4. The van der Waals surface area contributed by atoms with Crippen LogP contribution >= 0.6 is 11.6 Å². The number of imidazole rings is 1. The van der Waals surface area contributed by atoms with Crippen LogP contribution in [0.1, 0.15) is 43.6 Å². The summed E-state index contributed by atoms with van der Waals surface area (Å²) in [7, 11) is 0. The summed E-state index contributed by atoms with van der Waals surface area (Å²) in [6.07, 6.45) is 6.87. The van der Waals surface area contributed by atoms with E-state index >= 15 is 0 Å². The largest absolute Gasteiger partial charge is 0.344 e. The van der Waals surface area contributed by atoms with Gasteiger partial charge in [-0.05, 0) is 49.9 Å². The third-order valence-corrected chi connectivity index (χ3v) is 7.67. The first kappa shape index (κ1) is 24.6. The van der Waals surface area contributed by atoms with E-state index in [0.717, 1.165) is 37.8 Å². The summed E-state index contributed by atoms with van der Waals surface area (Å²) in [5, 5.41) is 10.1. The zero-order valence-electron chi connectivity index (χ0n) is 20.5. The standard InChI is InChI=1S/C25H32ClN7O3/c1-17-27-15-21-16-32(25(36)33(17)21)31-13-11-30(12-14-31)23(34)22(18-5-3-2-4-6-18)29-24(35)28-20-9-7-19(26)8-10-20/h7-10,15,18,22H,2-6,11-14,16H2,1H3,(H2,28,29,35)/t22-/m1/s1. The van der Waals surface area contributed by atoms with E-state index in [2.05, 4.69) is 15.6 Å². The molecule has 4 amide bonds. The van der Waals surface area contributed by atoms with Gasteiger partial charge in [-0.25, -0.2) is 24.1 Å². The third-order valence-electron chi connectivity index (χ3n) is 7.42. The Kier molecular flexibility index (Phi) is 7.15. The summed E-state index contributed by atoms with van der Waals surface area (Å²) in [5.41, 5.74) is 1.50. The minimum absolute atomic E-state index is 0.0492. The molecule has 1 saturated carbocycles. The number of rotatable bonds is 5. The fraction of sp³-hybridized carbons (Fsp3) is 0.520. The maximum absolute atomic E-state index is 13.7. The SMILES string of the molecule is Cc1ncc2n1C(=O)N(N1CCN(C(=O)[C@H](NC(=O)Nc3ccc(Cl)cc3)C3CCCCC3)CC1)C2. The van der Waals surface area contributed by atoms with E-state index in [1.807, 2.05) is 16.8 Å². The molecule has 5 rings (SSSR count). The van der Waals surface area contributed by atoms with Gasteiger partial charge in [0.1, 0.15) is 11.9 Å². The van der Waals surface area contributed by atoms with Crippen molar-refractivity contribution in [3.8, 4) is 0 Å². The van der Waals surface area contributed by atoms with Gasteiger partial charge in [-0.1, -0.05) is 30.9 Å². The Bertz CT molecular complexity index is 1120. The monoisotopic (exact) mass is 513 g/mol. The number of hydrogen-bond donors (Lipinski definition) is 2. The maximum atomic E-state index is 13.7. The maximum Gasteiger partial charge on any atom is 0.344 e. The first-order valence-corrected chi connectivity index (χ1v) is 13.0. The van der Waals surface area contributed by atoms with Crippen molar-refractivity contribution in [2.45, 2.75) is 51.6 Å². The summed E-state index contributed by atoms with van der Waals surface area (Å²) in [5.74, 6) is 0.748. The number of urea groups is 1. The lowest BCUT2D eigenvalue weighted by molar-refractivity contribution is -0.139. The van der Waals surface area contributed by atoms with Crippen molar-refractivity contribution in [1.82, 2.24) is 29.8 Å². The van der Waals surface area contributed by atoms with E-state index in [4.69, 9.17) is 11.6 Å². The van der Waals surface area contributed by atoms with Gasteiger partial charge >= 0.3 is 12.1 Å². The minimum atomic E-state index is -0.577. The molecular formula is C25H32ClN7O3. The Hall–Kier alpha value is -3.11. The van der Waals surface area contributed by atoms with Gasteiger partial charge in [0.15, 0.2) is 0 Å². The first-order chi connectivity index (χ1) is 17.4. The summed E-state index contributed by atoms with van der Waals surface area (Å²) in [6.45, 7) is 4.43. The van der Waals surface area contributed by atoms with Crippen molar-refractivity contribution in [2.24, 2.45) is 5.92 Å². The van der Waals surface area contributed by atoms with Crippen LogP contribution in [0.2, 0.25) is 5.02 Å². The van der Waals surface area contributed by atoms with Crippen molar-refractivity contribution in [2.75, 3.05) is 31.5 Å². The Morgan fingerprint density at radius 2 is 1.75 bits per heavy atom. The van der Waals surface area contributed by atoms with Crippen LogP contribution in [-0.4, -0.2) is 74.7 Å². The molecule has 0 unspecified atom stereocenters. The number of anilines is 1. The van der Waals surface area contributed by atoms with Gasteiger partial charge in [0.2, 0.25) is 5.91 Å². The number of carbonyl (C=O) groups is 3. The van der Waals surface area contributed by atoms with Gasteiger partial charge in [0.05, 0.1) is 18.4 Å². The minimum Gasteiger partial charge on any atom is -0.338 e. The summed E-state index contributed by atoms with van der Waals surface area (Å²) >= 11 is 5.94. The lowest BCUT2D eigenvalue weighted by Crippen LogP contribution is -2.60. The molecule has 0 spiro atoms. The Balaban J connectivity index is 1.21. The number of benzene rings is 1. The highest BCUT2D eigenvalue weighted by Crippen LogP contribution is 2.28. The van der Waals surface area contributed by atoms with Crippen molar-refractivity contribution in [3.63, 3.8) is 0 Å². The molecular weight excluding hydrogens is 482 g/mol. The zero-order valence-corrected chi connectivity index (χ0v) is 21.2. The smallest absolute Gasteiger partial charge is 0.338 e. The second-order valence-electron chi connectivity index (χ2n) is 9.73. The van der Waals surface area contributed by atoms with Gasteiger partial charge in [0, 0.05) is 36.9 Å². The predicted octanol–water partition coefficient (Wildman–Crippen LogP) is 3.46. The van der Waals surface area contributed by atoms with Gasteiger partial charge in [-0.2, -0.15) is 0 Å². The van der Waals surface area contributed by atoms with E-state index in [9.17, 15) is 14.4 Å². The van der Waals surface area contributed by atoms with Crippen LogP contribution < -0.4 is 10.6 Å². The van der Waals surface area contributed by atoms with Gasteiger partial charge in [0.25, 0.3) is 0 Å². The van der Waals surface area contributed by atoms with E-state index in [1.54, 1.807) is 40.0 Å². The zero-order chi connectivity index (χ0) is 25.2. The van der Waals surface area contributed by atoms with Crippen LogP contribution in [0.4, 0.5) is 15.3 Å². The van der Waals surface area contributed by atoms with E-state index in [1.165, 1.54) is 0 Å². The fourth-order valence-corrected chi connectivity index (χ4v) is 5.59. The Labute approximate surface area is 215 Å². The average molecular weight is 514 g/mol. The Morgan fingerprint density at radius 3 is 2.42 bits per heavy atom. The molecule has 192 valence electrons. The number of piperazine rings is 1. The molecule has 1 aliphatic carbocycles. The van der Waals surface area contributed by atoms with Crippen LogP contribution in [0.15, 0.2) is 30.5 Å². The van der Waals surface area contributed by atoms with E-state index < -0.39 is 12.1 Å². The molecule has 1 aromatic heterocycles. The molecule has 10 nitrogen and oxygen atoms in total. The number of amides is 4. The molecule has 1 atom stereocenters. The molecule has 1 aromatic carbocycles. The molecule has 3 heterocycles. The highest BCUT2D eigenvalue weighted by molar-refractivity contribution is 6.30. The number of hydrazine groups is 1. The third kappa shape index (κ3) is 5.05. The molecule has 36 heavy (non-hydrogen) atoms. The molecule has 11 heteroatoms. The lowest BCUT2D eigenvalue weighted by atomic mass is 9.83. The second kappa shape index (κ2) is 10.5. The average Bonchev–Trinajstić information content (AvgIpc) is 3.43. The summed E-state index contributed by atoms with van der Waals surface area (Å²) in [6, 6.07) is 5.81. The summed E-state index contributed by atoms with van der Waals surface area (Å²) < 4.78 is 1.64. The number of aryl methyl sites for hydroxylation is 1. The van der Waals surface area contributed by atoms with Crippen LogP contribution in [0.3, 0.4) is 0 Å². The van der Waals surface area contributed by atoms with Gasteiger partial charge in [-0.3, -0.25) is 9.80 Å². The second-order valence-corrected chi connectivity index (χ2v) is 10.2. The van der Waals surface area contributed by atoms with Crippen LogP contribution in [0.25, 0.3) is 0 Å². The molecule has 2 N–H and O–H groups in total. The number of halogens is 1.